The van der Waals surface area contributed by atoms with Crippen molar-refractivity contribution in [2.24, 2.45) is 0 Å². The molecule has 0 saturated heterocycles. The Morgan fingerprint density at radius 3 is 2.75 bits per heavy atom. The van der Waals surface area contributed by atoms with E-state index in [4.69, 9.17) is 16.0 Å². The zero-order valence-corrected chi connectivity index (χ0v) is 15.5. The van der Waals surface area contributed by atoms with E-state index in [-0.39, 0.29) is 17.7 Å². The molecule has 5 nitrogen and oxygen atoms in total. The van der Waals surface area contributed by atoms with E-state index in [1.807, 2.05) is 19.1 Å². The standard InChI is InChI=1S/C17H22ClN3O2S/c1-3-4-5-6-12(2)19-15(22)11-24-17-21-20-16(23-17)13-7-9-14(18)10-8-13/h7-10,12H,3-6,11H2,1-2H3,(H,19,22)/t12-/m0/s1. The first-order valence-corrected chi connectivity index (χ1v) is 9.46. The SMILES string of the molecule is CCCCC[C@H](C)NC(=O)CSc1nnc(-c2ccc(Cl)cc2)o1. The van der Waals surface area contributed by atoms with Crippen molar-refractivity contribution in [3.8, 4) is 11.5 Å². The van der Waals surface area contributed by atoms with Gasteiger partial charge in [0.05, 0.1) is 5.75 Å². The molecule has 1 aromatic heterocycles. The Morgan fingerprint density at radius 2 is 2.04 bits per heavy atom. The van der Waals surface area contributed by atoms with Crippen molar-refractivity contribution in [1.29, 1.82) is 0 Å². The van der Waals surface area contributed by atoms with Crippen LogP contribution < -0.4 is 5.32 Å². The van der Waals surface area contributed by atoms with Crippen LogP contribution in [0.2, 0.25) is 5.02 Å². The maximum Gasteiger partial charge on any atom is 0.277 e. The number of amides is 1. The molecule has 7 heteroatoms. The summed E-state index contributed by atoms with van der Waals surface area (Å²) in [5.74, 6) is 0.665. The van der Waals surface area contributed by atoms with Crippen molar-refractivity contribution >= 4 is 29.3 Å². The average molecular weight is 368 g/mol. The van der Waals surface area contributed by atoms with E-state index >= 15 is 0 Å². The number of unbranched alkanes of at least 4 members (excludes halogenated alkanes) is 2. The largest absolute Gasteiger partial charge is 0.411 e. The van der Waals surface area contributed by atoms with Gasteiger partial charge in [-0.15, -0.1) is 10.2 Å². The highest BCUT2D eigenvalue weighted by atomic mass is 35.5. The minimum Gasteiger partial charge on any atom is -0.411 e. The van der Waals surface area contributed by atoms with E-state index in [0.29, 0.717) is 16.1 Å². The van der Waals surface area contributed by atoms with Crippen molar-refractivity contribution in [3.63, 3.8) is 0 Å². The Labute approximate surface area is 151 Å². The number of rotatable bonds is 9. The molecule has 0 spiro atoms. The lowest BCUT2D eigenvalue weighted by Crippen LogP contribution is -2.33. The van der Waals surface area contributed by atoms with Crippen LogP contribution in [0.5, 0.6) is 0 Å². The topological polar surface area (TPSA) is 68.0 Å². The van der Waals surface area contributed by atoms with Crippen molar-refractivity contribution < 1.29 is 9.21 Å². The van der Waals surface area contributed by atoms with Gasteiger partial charge in [-0.1, -0.05) is 49.5 Å². The number of benzene rings is 1. The van der Waals surface area contributed by atoms with Crippen molar-refractivity contribution in [2.45, 2.75) is 50.8 Å². The Hall–Kier alpha value is -1.53. The second kappa shape index (κ2) is 9.69. The summed E-state index contributed by atoms with van der Waals surface area (Å²) in [5.41, 5.74) is 0.799. The lowest BCUT2D eigenvalue weighted by molar-refractivity contribution is -0.119. The molecule has 2 aromatic rings. The molecule has 0 aliphatic rings. The van der Waals surface area contributed by atoms with Crippen LogP contribution >= 0.6 is 23.4 Å². The highest BCUT2D eigenvalue weighted by molar-refractivity contribution is 7.99. The van der Waals surface area contributed by atoms with Crippen LogP contribution in [-0.2, 0) is 4.79 Å². The molecule has 0 aliphatic carbocycles. The second-order valence-electron chi connectivity index (χ2n) is 5.63. The van der Waals surface area contributed by atoms with Crippen molar-refractivity contribution in [2.75, 3.05) is 5.75 Å². The summed E-state index contributed by atoms with van der Waals surface area (Å²) >= 11 is 7.09. The molecule has 1 aromatic carbocycles. The molecule has 0 unspecified atom stereocenters. The fourth-order valence-electron chi connectivity index (χ4n) is 2.19. The van der Waals surface area contributed by atoms with Gasteiger partial charge in [-0.2, -0.15) is 0 Å². The van der Waals surface area contributed by atoms with Gasteiger partial charge in [0.25, 0.3) is 5.22 Å². The van der Waals surface area contributed by atoms with Gasteiger partial charge in [-0.05, 0) is 37.6 Å². The van der Waals surface area contributed by atoms with E-state index in [1.54, 1.807) is 12.1 Å². The molecule has 0 aliphatic heterocycles. The quantitative estimate of drug-likeness (QED) is 0.519. The van der Waals surface area contributed by atoms with E-state index in [0.717, 1.165) is 18.4 Å². The van der Waals surface area contributed by atoms with Crippen LogP contribution in [0.15, 0.2) is 33.9 Å². The smallest absolute Gasteiger partial charge is 0.277 e. The molecule has 1 atom stereocenters. The highest BCUT2D eigenvalue weighted by Gasteiger charge is 2.12. The Morgan fingerprint density at radius 1 is 1.29 bits per heavy atom. The van der Waals surface area contributed by atoms with Gasteiger partial charge in [0.1, 0.15) is 0 Å². The van der Waals surface area contributed by atoms with Crippen LogP contribution in [0.25, 0.3) is 11.5 Å². The highest BCUT2D eigenvalue weighted by Crippen LogP contribution is 2.24. The summed E-state index contributed by atoms with van der Waals surface area (Å²) < 4.78 is 5.56. The number of carbonyl (C=O) groups is 1. The molecule has 24 heavy (non-hydrogen) atoms. The summed E-state index contributed by atoms with van der Waals surface area (Å²) in [6.07, 6.45) is 4.53. The number of carbonyl (C=O) groups excluding carboxylic acids is 1. The zero-order valence-electron chi connectivity index (χ0n) is 13.9. The van der Waals surface area contributed by atoms with Crippen LogP contribution in [0.4, 0.5) is 0 Å². The molecule has 0 bridgehead atoms. The average Bonchev–Trinajstić information content (AvgIpc) is 3.03. The number of thioether (sulfide) groups is 1. The fraction of sp³-hybridized carbons (Fsp3) is 0.471. The Balaban J connectivity index is 1.78. The summed E-state index contributed by atoms with van der Waals surface area (Å²) in [5, 5.41) is 12.0. The number of aromatic nitrogens is 2. The predicted octanol–water partition coefficient (Wildman–Crippen LogP) is 4.57. The monoisotopic (exact) mass is 367 g/mol. The normalized spacial score (nSPS) is 12.1. The fourth-order valence-corrected chi connectivity index (χ4v) is 2.89. The summed E-state index contributed by atoms with van der Waals surface area (Å²) in [6.45, 7) is 4.20. The molecular formula is C17H22ClN3O2S. The first kappa shape index (κ1) is 18.8. The third kappa shape index (κ3) is 6.17. The number of hydrogen-bond donors (Lipinski definition) is 1. The lowest BCUT2D eigenvalue weighted by atomic mass is 10.1. The molecule has 0 fully saturated rings. The molecular weight excluding hydrogens is 346 g/mol. The van der Waals surface area contributed by atoms with Crippen LogP contribution in [0.1, 0.15) is 39.5 Å². The number of nitrogens with one attached hydrogen (secondary N) is 1. The lowest BCUT2D eigenvalue weighted by Gasteiger charge is -2.12. The van der Waals surface area contributed by atoms with Gasteiger partial charge in [0, 0.05) is 16.6 Å². The minimum absolute atomic E-state index is 0.0183. The molecule has 0 radical (unpaired) electrons. The van der Waals surface area contributed by atoms with Crippen molar-refractivity contribution in [3.05, 3.63) is 29.3 Å². The Kier molecular flexibility index (Phi) is 7.59. The predicted molar refractivity (Wildman–Crippen MR) is 97.2 cm³/mol. The number of hydrogen-bond acceptors (Lipinski definition) is 5. The van der Waals surface area contributed by atoms with Crippen LogP contribution in [-0.4, -0.2) is 27.9 Å². The van der Waals surface area contributed by atoms with Gasteiger partial charge in [0.2, 0.25) is 11.8 Å². The van der Waals surface area contributed by atoms with Crippen LogP contribution in [0, 0.1) is 0 Å². The third-order valence-electron chi connectivity index (χ3n) is 3.47. The van der Waals surface area contributed by atoms with Gasteiger partial charge in [-0.3, -0.25) is 4.79 Å². The molecule has 2 rings (SSSR count). The van der Waals surface area contributed by atoms with Gasteiger partial charge in [-0.25, -0.2) is 0 Å². The van der Waals surface area contributed by atoms with Crippen LogP contribution in [0.3, 0.4) is 0 Å². The number of halogens is 1. The van der Waals surface area contributed by atoms with Gasteiger partial charge in [0.15, 0.2) is 0 Å². The number of nitrogens with zero attached hydrogens (tertiary/aromatic N) is 2. The third-order valence-corrected chi connectivity index (χ3v) is 4.54. The first-order chi connectivity index (χ1) is 11.6. The molecule has 0 saturated carbocycles. The Bertz CT molecular complexity index is 646. The summed E-state index contributed by atoms with van der Waals surface area (Å²) in [7, 11) is 0. The van der Waals surface area contributed by atoms with E-state index in [2.05, 4.69) is 22.4 Å². The first-order valence-electron chi connectivity index (χ1n) is 8.10. The zero-order chi connectivity index (χ0) is 17.4. The molecule has 130 valence electrons. The minimum atomic E-state index is -0.0183. The van der Waals surface area contributed by atoms with Crippen molar-refractivity contribution in [1.82, 2.24) is 15.5 Å². The van der Waals surface area contributed by atoms with E-state index < -0.39 is 0 Å². The second-order valence-corrected chi connectivity index (χ2v) is 7.00. The molecule has 1 N–H and O–H groups in total. The summed E-state index contributed by atoms with van der Waals surface area (Å²) in [4.78, 5) is 11.9. The van der Waals surface area contributed by atoms with Gasteiger partial charge < -0.3 is 9.73 Å². The van der Waals surface area contributed by atoms with E-state index in [1.165, 1.54) is 24.6 Å². The summed E-state index contributed by atoms with van der Waals surface area (Å²) in [6, 6.07) is 7.35. The molecule has 1 heterocycles. The maximum atomic E-state index is 11.9. The maximum absolute atomic E-state index is 11.9. The van der Waals surface area contributed by atoms with E-state index in [9.17, 15) is 4.79 Å². The van der Waals surface area contributed by atoms with Gasteiger partial charge >= 0.3 is 0 Å². The molecule has 1 amide bonds.